The predicted octanol–water partition coefficient (Wildman–Crippen LogP) is 3.17. The van der Waals surface area contributed by atoms with Gasteiger partial charge in [-0.15, -0.1) is 0 Å². The van der Waals surface area contributed by atoms with Crippen LogP contribution in [0.2, 0.25) is 0 Å². The topological polar surface area (TPSA) is 42.9 Å². The van der Waals surface area contributed by atoms with Crippen LogP contribution in [0.5, 0.6) is 0 Å². The van der Waals surface area contributed by atoms with Gasteiger partial charge in [0.15, 0.2) is 5.96 Å². The highest BCUT2D eigenvalue weighted by Gasteiger charge is 2.21. The van der Waals surface area contributed by atoms with Crippen molar-refractivity contribution in [3.8, 4) is 0 Å². The molecule has 0 radical (unpaired) electrons. The van der Waals surface area contributed by atoms with Crippen LogP contribution < -0.4 is 10.6 Å². The maximum atomic E-state index is 4.87. The van der Waals surface area contributed by atoms with Gasteiger partial charge in [-0.05, 0) is 80.2 Å². The molecule has 5 nitrogen and oxygen atoms in total. The molecule has 0 aromatic carbocycles. The third kappa shape index (κ3) is 8.72. The summed E-state index contributed by atoms with van der Waals surface area (Å²) < 4.78 is 0. The molecule has 1 aliphatic heterocycles. The monoisotopic (exact) mass is 367 g/mol. The van der Waals surface area contributed by atoms with Gasteiger partial charge in [0, 0.05) is 50.8 Å². The zero-order chi connectivity index (χ0) is 19.5. The van der Waals surface area contributed by atoms with Crippen LogP contribution in [0.4, 0.5) is 0 Å². The fourth-order valence-electron chi connectivity index (χ4n) is 3.86. The lowest BCUT2D eigenvalue weighted by Crippen LogP contribution is -2.43. The summed E-state index contributed by atoms with van der Waals surface area (Å²) in [5.41, 5.74) is 0. The largest absolute Gasteiger partial charge is 0.357 e. The summed E-state index contributed by atoms with van der Waals surface area (Å²) in [5, 5.41) is 6.93. The van der Waals surface area contributed by atoms with Gasteiger partial charge in [-0.3, -0.25) is 9.89 Å². The molecule has 1 aliphatic rings. The summed E-state index contributed by atoms with van der Waals surface area (Å²) in [6.45, 7) is 22.3. The average Bonchev–Trinajstić information content (AvgIpc) is 2.58. The summed E-state index contributed by atoms with van der Waals surface area (Å²) in [5.74, 6) is 1.67. The Morgan fingerprint density at radius 3 is 2.38 bits per heavy atom. The minimum Gasteiger partial charge on any atom is -0.357 e. The lowest BCUT2D eigenvalue weighted by atomic mass is 9.97. The second kappa shape index (κ2) is 12.6. The molecule has 1 fully saturated rings. The van der Waals surface area contributed by atoms with Gasteiger partial charge < -0.3 is 15.5 Å². The second-order valence-corrected chi connectivity index (χ2v) is 8.52. The molecule has 0 bridgehead atoms. The average molecular weight is 368 g/mol. The van der Waals surface area contributed by atoms with E-state index in [1.165, 1.54) is 25.9 Å². The van der Waals surface area contributed by atoms with E-state index in [-0.39, 0.29) is 0 Å². The van der Waals surface area contributed by atoms with Crippen molar-refractivity contribution < 1.29 is 0 Å². The number of rotatable bonds is 10. The first-order chi connectivity index (χ1) is 12.3. The van der Waals surface area contributed by atoms with Crippen molar-refractivity contribution in [1.82, 2.24) is 20.4 Å². The first-order valence-corrected chi connectivity index (χ1v) is 10.9. The fraction of sp³-hybridized carbons (Fsp3) is 0.952. The van der Waals surface area contributed by atoms with Gasteiger partial charge in [-0.1, -0.05) is 0 Å². The Morgan fingerprint density at radius 2 is 1.81 bits per heavy atom. The zero-order valence-corrected chi connectivity index (χ0v) is 18.5. The van der Waals surface area contributed by atoms with Crippen molar-refractivity contribution in [3.63, 3.8) is 0 Å². The minimum atomic E-state index is 0.604. The first-order valence-electron chi connectivity index (χ1n) is 10.9. The third-order valence-corrected chi connectivity index (χ3v) is 5.34. The maximum Gasteiger partial charge on any atom is 0.191 e. The van der Waals surface area contributed by atoms with Crippen LogP contribution in [-0.4, -0.2) is 73.2 Å². The Bertz CT molecular complexity index is 384. The van der Waals surface area contributed by atoms with E-state index in [2.05, 4.69) is 68.9 Å². The summed E-state index contributed by atoms with van der Waals surface area (Å²) in [6, 6.07) is 1.86. The van der Waals surface area contributed by atoms with E-state index in [1.54, 1.807) is 0 Å². The summed E-state index contributed by atoms with van der Waals surface area (Å²) >= 11 is 0. The SMILES string of the molecule is CCNC(=NCC1CCCN(C(C)C)C1)NCCCN(C(C)C)C(C)C. The van der Waals surface area contributed by atoms with Crippen molar-refractivity contribution in [2.45, 2.75) is 85.9 Å². The van der Waals surface area contributed by atoms with E-state index in [4.69, 9.17) is 4.99 Å². The highest BCUT2D eigenvalue weighted by molar-refractivity contribution is 5.79. The highest BCUT2D eigenvalue weighted by atomic mass is 15.2. The van der Waals surface area contributed by atoms with Gasteiger partial charge in [0.05, 0.1) is 0 Å². The highest BCUT2D eigenvalue weighted by Crippen LogP contribution is 2.18. The molecule has 1 atom stereocenters. The molecule has 0 aromatic heterocycles. The number of guanidine groups is 1. The van der Waals surface area contributed by atoms with Crippen LogP contribution in [-0.2, 0) is 0 Å². The lowest BCUT2D eigenvalue weighted by Gasteiger charge is -2.34. The molecule has 0 aliphatic carbocycles. The van der Waals surface area contributed by atoms with Crippen molar-refractivity contribution in [2.24, 2.45) is 10.9 Å². The van der Waals surface area contributed by atoms with Crippen LogP contribution in [0, 0.1) is 5.92 Å². The number of nitrogens with zero attached hydrogens (tertiary/aromatic N) is 3. The number of hydrogen-bond donors (Lipinski definition) is 2. The van der Waals surface area contributed by atoms with Gasteiger partial charge in [0.1, 0.15) is 0 Å². The van der Waals surface area contributed by atoms with E-state index >= 15 is 0 Å². The van der Waals surface area contributed by atoms with Crippen LogP contribution in [0.25, 0.3) is 0 Å². The number of hydrogen-bond acceptors (Lipinski definition) is 3. The van der Waals surface area contributed by atoms with E-state index in [1.807, 2.05) is 0 Å². The molecule has 154 valence electrons. The molecule has 2 N–H and O–H groups in total. The molecule has 1 saturated heterocycles. The van der Waals surface area contributed by atoms with Crippen LogP contribution in [0.1, 0.15) is 67.7 Å². The molecular weight excluding hydrogens is 322 g/mol. The number of likely N-dealkylation sites (tertiary alicyclic amines) is 1. The molecule has 0 amide bonds. The lowest BCUT2D eigenvalue weighted by molar-refractivity contribution is 0.143. The molecule has 0 aromatic rings. The maximum absolute atomic E-state index is 4.87. The van der Waals surface area contributed by atoms with Gasteiger partial charge in [-0.2, -0.15) is 0 Å². The second-order valence-electron chi connectivity index (χ2n) is 8.52. The standard InChI is InChI=1S/C21H45N5/c1-8-22-21(23-12-10-14-26(18(4)5)19(6)7)24-15-20-11-9-13-25(16-20)17(2)3/h17-20H,8-16H2,1-7H3,(H2,22,23,24). The molecule has 1 rings (SSSR count). The zero-order valence-electron chi connectivity index (χ0n) is 18.5. The Labute approximate surface area is 163 Å². The molecule has 0 spiro atoms. The molecule has 1 unspecified atom stereocenters. The van der Waals surface area contributed by atoms with Crippen molar-refractivity contribution >= 4 is 5.96 Å². The van der Waals surface area contributed by atoms with Crippen molar-refractivity contribution in [1.29, 1.82) is 0 Å². The first kappa shape index (κ1) is 23.2. The van der Waals surface area contributed by atoms with Gasteiger partial charge in [0.2, 0.25) is 0 Å². The molecule has 1 heterocycles. The van der Waals surface area contributed by atoms with E-state index < -0.39 is 0 Å². The van der Waals surface area contributed by atoms with Crippen molar-refractivity contribution in [2.75, 3.05) is 39.3 Å². The quantitative estimate of drug-likeness (QED) is 0.354. The summed E-state index contributed by atoms with van der Waals surface area (Å²) in [4.78, 5) is 10.0. The molecule has 5 heteroatoms. The number of aliphatic imine (C=N–C) groups is 1. The number of piperidine rings is 1. The van der Waals surface area contributed by atoms with E-state index in [0.29, 0.717) is 24.0 Å². The Kier molecular flexibility index (Phi) is 11.2. The van der Waals surface area contributed by atoms with Gasteiger partial charge in [0.25, 0.3) is 0 Å². The summed E-state index contributed by atoms with van der Waals surface area (Å²) in [7, 11) is 0. The van der Waals surface area contributed by atoms with Gasteiger partial charge in [-0.25, -0.2) is 0 Å². The van der Waals surface area contributed by atoms with Crippen LogP contribution in [0.15, 0.2) is 4.99 Å². The third-order valence-electron chi connectivity index (χ3n) is 5.34. The fourth-order valence-corrected chi connectivity index (χ4v) is 3.86. The molecule has 26 heavy (non-hydrogen) atoms. The van der Waals surface area contributed by atoms with Crippen LogP contribution in [0.3, 0.4) is 0 Å². The Hall–Kier alpha value is -0.810. The van der Waals surface area contributed by atoms with Crippen molar-refractivity contribution in [3.05, 3.63) is 0 Å². The number of nitrogens with one attached hydrogen (secondary N) is 2. The smallest absolute Gasteiger partial charge is 0.191 e. The Morgan fingerprint density at radius 1 is 1.12 bits per heavy atom. The van der Waals surface area contributed by atoms with Crippen LogP contribution >= 0.6 is 0 Å². The van der Waals surface area contributed by atoms with Gasteiger partial charge >= 0.3 is 0 Å². The molecule has 0 saturated carbocycles. The minimum absolute atomic E-state index is 0.604. The molecular formula is C21H45N5. The normalized spacial score (nSPS) is 19.8. The predicted molar refractivity (Wildman–Crippen MR) is 115 cm³/mol. The Balaban J connectivity index is 2.41. The van der Waals surface area contributed by atoms with E-state index in [0.717, 1.165) is 38.6 Å². The summed E-state index contributed by atoms with van der Waals surface area (Å²) in [6.07, 6.45) is 3.76. The van der Waals surface area contributed by atoms with E-state index in [9.17, 15) is 0 Å².